The highest BCUT2D eigenvalue weighted by Gasteiger charge is 2.16. The van der Waals surface area contributed by atoms with Crippen LogP contribution in [0.15, 0.2) is 24.3 Å². The molecule has 19 heavy (non-hydrogen) atoms. The number of nitrogens with one attached hydrogen (secondary N) is 1. The van der Waals surface area contributed by atoms with E-state index in [4.69, 9.17) is 4.74 Å². The summed E-state index contributed by atoms with van der Waals surface area (Å²) >= 11 is 0. The predicted molar refractivity (Wildman–Crippen MR) is 68.8 cm³/mol. The van der Waals surface area contributed by atoms with Crippen molar-refractivity contribution in [1.29, 1.82) is 0 Å². The van der Waals surface area contributed by atoms with Crippen molar-refractivity contribution in [2.75, 3.05) is 13.2 Å². The summed E-state index contributed by atoms with van der Waals surface area (Å²) in [6.07, 6.45) is 2.38. The molecule has 1 aliphatic rings. The van der Waals surface area contributed by atoms with Crippen molar-refractivity contribution in [3.8, 4) is 0 Å². The smallest absolute Gasteiger partial charge is 0.269 e. The van der Waals surface area contributed by atoms with Crippen LogP contribution < -0.4 is 5.32 Å². The Morgan fingerprint density at radius 1 is 1.42 bits per heavy atom. The van der Waals surface area contributed by atoms with E-state index in [0.29, 0.717) is 6.54 Å². The van der Waals surface area contributed by atoms with Gasteiger partial charge in [0.05, 0.1) is 17.4 Å². The van der Waals surface area contributed by atoms with Gasteiger partial charge in [-0.25, -0.2) is 0 Å². The van der Waals surface area contributed by atoms with Crippen molar-refractivity contribution in [2.24, 2.45) is 0 Å². The van der Waals surface area contributed by atoms with E-state index in [1.165, 1.54) is 12.1 Å². The summed E-state index contributed by atoms with van der Waals surface area (Å²) in [4.78, 5) is 21.7. The molecule has 1 aromatic rings. The van der Waals surface area contributed by atoms with Gasteiger partial charge in [0.25, 0.3) is 5.69 Å². The fourth-order valence-electron chi connectivity index (χ4n) is 2.02. The van der Waals surface area contributed by atoms with Crippen molar-refractivity contribution in [3.05, 3.63) is 39.9 Å². The maximum atomic E-state index is 11.7. The fourth-order valence-corrected chi connectivity index (χ4v) is 2.02. The second kappa shape index (κ2) is 6.29. The Hall–Kier alpha value is -1.95. The number of carbonyl (C=O) groups is 1. The predicted octanol–water partition coefficient (Wildman–Crippen LogP) is 1.43. The lowest BCUT2D eigenvalue weighted by Gasteiger charge is -2.10. The molecule has 0 aromatic heterocycles. The van der Waals surface area contributed by atoms with Gasteiger partial charge in [-0.15, -0.1) is 0 Å². The molecule has 0 bridgehead atoms. The van der Waals surface area contributed by atoms with Crippen LogP contribution in [0.4, 0.5) is 5.69 Å². The van der Waals surface area contributed by atoms with Gasteiger partial charge in [0, 0.05) is 25.3 Å². The summed E-state index contributed by atoms with van der Waals surface area (Å²) in [6, 6.07) is 6.01. The zero-order valence-corrected chi connectivity index (χ0v) is 10.5. The average molecular weight is 264 g/mol. The van der Waals surface area contributed by atoms with Crippen LogP contribution in [0.3, 0.4) is 0 Å². The van der Waals surface area contributed by atoms with Gasteiger partial charge in [0.2, 0.25) is 5.91 Å². The first-order valence-corrected chi connectivity index (χ1v) is 6.27. The van der Waals surface area contributed by atoms with Crippen molar-refractivity contribution < 1.29 is 14.5 Å². The maximum Gasteiger partial charge on any atom is 0.269 e. The van der Waals surface area contributed by atoms with Crippen molar-refractivity contribution in [3.63, 3.8) is 0 Å². The summed E-state index contributed by atoms with van der Waals surface area (Å²) in [6.45, 7) is 1.30. The third-order valence-corrected chi connectivity index (χ3v) is 3.06. The number of nitrogens with zero attached hydrogens (tertiary/aromatic N) is 1. The van der Waals surface area contributed by atoms with Gasteiger partial charge in [-0.1, -0.05) is 12.1 Å². The number of ether oxygens (including phenoxy) is 1. The molecule has 0 saturated carbocycles. The number of non-ortho nitro benzene ring substituents is 1. The molecule has 6 heteroatoms. The van der Waals surface area contributed by atoms with Gasteiger partial charge in [0.1, 0.15) is 0 Å². The highest BCUT2D eigenvalue weighted by atomic mass is 16.6. The zero-order valence-electron chi connectivity index (χ0n) is 10.5. The third kappa shape index (κ3) is 4.03. The molecule has 1 N–H and O–H groups in total. The number of amides is 1. The van der Waals surface area contributed by atoms with Crippen LogP contribution in [0.2, 0.25) is 0 Å². The van der Waals surface area contributed by atoms with Crippen molar-refractivity contribution >= 4 is 11.6 Å². The van der Waals surface area contributed by atoms with E-state index in [2.05, 4.69) is 5.32 Å². The molecule has 6 nitrogen and oxygen atoms in total. The van der Waals surface area contributed by atoms with E-state index < -0.39 is 4.92 Å². The third-order valence-electron chi connectivity index (χ3n) is 3.06. The van der Waals surface area contributed by atoms with E-state index in [1.54, 1.807) is 12.1 Å². The molecule has 1 aliphatic heterocycles. The van der Waals surface area contributed by atoms with Gasteiger partial charge < -0.3 is 10.1 Å². The van der Waals surface area contributed by atoms with Crippen molar-refractivity contribution in [2.45, 2.75) is 25.4 Å². The number of nitro benzene ring substituents is 1. The molecule has 1 atom stereocenters. The van der Waals surface area contributed by atoms with Gasteiger partial charge in [-0.05, 0) is 18.4 Å². The summed E-state index contributed by atoms with van der Waals surface area (Å²) in [5.41, 5.74) is 0.791. The normalized spacial score (nSPS) is 18.2. The Kier molecular flexibility index (Phi) is 4.46. The van der Waals surface area contributed by atoms with Gasteiger partial charge in [-0.3, -0.25) is 14.9 Å². The van der Waals surface area contributed by atoms with Crippen LogP contribution in [-0.2, 0) is 16.0 Å². The molecule has 2 rings (SSSR count). The molecule has 0 radical (unpaired) electrons. The lowest BCUT2D eigenvalue weighted by Crippen LogP contribution is -2.32. The molecule has 1 saturated heterocycles. The minimum atomic E-state index is -0.457. The molecule has 1 fully saturated rings. The Morgan fingerprint density at radius 3 is 2.74 bits per heavy atom. The fraction of sp³-hybridized carbons (Fsp3) is 0.462. The highest BCUT2D eigenvalue weighted by Crippen LogP contribution is 2.13. The summed E-state index contributed by atoms with van der Waals surface area (Å²) < 4.78 is 5.41. The molecule has 0 aliphatic carbocycles. The van der Waals surface area contributed by atoms with E-state index in [9.17, 15) is 14.9 Å². The minimum absolute atomic E-state index is 0.0310. The highest BCUT2D eigenvalue weighted by molar-refractivity contribution is 5.78. The summed E-state index contributed by atoms with van der Waals surface area (Å²) in [7, 11) is 0. The van der Waals surface area contributed by atoms with Crippen LogP contribution >= 0.6 is 0 Å². The Labute approximate surface area is 110 Å². The van der Waals surface area contributed by atoms with E-state index in [1.807, 2.05) is 0 Å². The largest absolute Gasteiger partial charge is 0.376 e. The quantitative estimate of drug-likeness (QED) is 0.644. The minimum Gasteiger partial charge on any atom is -0.376 e. The van der Waals surface area contributed by atoms with Crippen molar-refractivity contribution in [1.82, 2.24) is 5.32 Å². The summed E-state index contributed by atoms with van der Waals surface area (Å²) in [5.74, 6) is -0.0932. The lowest BCUT2D eigenvalue weighted by molar-refractivity contribution is -0.384. The first kappa shape index (κ1) is 13.5. The second-order valence-electron chi connectivity index (χ2n) is 4.54. The maximum absolute atomic E-state index is 11.7. The van der Waals surface area contributed by atoms with Crippen LogP contribution in [0.5, 0.6) is 0 Å². The van der Waals surface area contributed by atoms with Gasteiger partial charge in [-0.2, -0.15) is 0 Å². The lowest BCUT2D eigenvalue weighted by atomic mass is 10.1. The molecule has 0 spiro atoms. The molecule has 0 unspecified atom stereocenters. The second-order valence-corrected chi connectivity index (χ2v) is 4.54. The molecule has 1 amide bonds. The number of carbonyl (C=O) groups excluding carboxylic acids is 1. The Bertz CT molecular complexity index is 452. The summed E-state index contributed by atoms with van der Waals surface area (Å²) in [5, 5.41) is 13.3. The zero-order chi connectivity index (χ0) is 13.7. The topological polar surface area (TPSA) is 81.5 Å². The Balaban J connectivity index is 1.79. The van der Waals surface area contributed by atoms with Gasteiger partial charge in [0.15, 0.2) is 0 Å². The number of hydrogen-bond acceptors (Lipinski definition) is 4. The molecular weight excluding hydrogens is 248 g/mol. The van der Waals surface area contributed by atoms with Crippen LogP contribution in [0.1, 0.15) is 18.4 Å². The first-order chi connectivity index (χ1) is 9.15. The number of rotatable bonds is 5. The van der Waals surface area contributed by atoms with Crippen LogP contribution in [-0.4, -0.2) is 30.1 Å². The number of nitro groups is 1. The number of hydrogen-bond donors (Lipinski definition) is 1. The van der Waals surface area contributed by atoms with Gasteiger partial charge >= 0.3 is 0 Å². The monoisotopic (exact) mass is 264 g/mol. The van der Waals surface area contributed by atoms with E-state index >= 15 is 0 Å². The first-order valence-electron chi connectivity index (χ1n) is 6.27. The van der Waals surface area contributed by atoms with E-state index in [0.717, 1.165) is 25.0 Å². The molecule has 1 heterocycles. The average Bonchev–Trinajstić information content (AvgIpc) is 2.90. The molecule has 102 valence electrons. The standard InChI is InChI=1S/C13H16N2O4/c16-13(14-9-12-2-1-7-19-12)8-10-3-5-11(6-4-10)15(17)18/h3-6,12H,1-2,7-9H2,(H,14,16)/t12-/m0/s1. The molecular formula is C13H16N2O4. The van der Waals surface area contributed by atoms with Crippen LogP contribution in [0.25, 0.3) is 0 Å². The molecule has 1 aromatic carbocycles. The van der Waals surface area contributed by atoms with Crippen LogP contribution in [0, 0.1) is 10.1 Å². The van der Waals surface area contributed by atoms with E-state index in [-0.39, 0.29) is 24.1 Å². The Morgan fingerprint density at radius 2 is 2.16 bits per heavy atom. The SMILES string of the molecule is O=C(Cc1ccc([N+](=O)[O-])cc1)NC[C@@H]1CCCO1. The number of benzene rings is 1.